The molecule has 0 aromatic carbocycles. The van der Waals surface area contributed by atoms with Crippen LogP contribution in [0.5, 0.6) is 0 Å². The van der Waals surface area contributed by atoms with Gasteiger partial charge in [-0.2, -0.15) is 0 Å². The molecular weight excluding hydrogens is 268 g/mol. The SMILES string of the molecule is O=[N+]([O-])c1ccc(-c2nnc(CCNC3CC3)o2)s1. The van der Waals surface area contributed by atoms with Crippen molar-refractivity contribution >= 4 is 16.3 Å². The Labute approximate surface area is 112 Å². The van der Waals surface area contributed by atoms with E-state index in [1.54, 1.807) is 6.07 Å². The average Bonchev–Trinajstić information content (AvgIpc) is 2.92. The predicted molar refractivity (Wildman–Crippen MR) is 69.0 cm³/mol. The molecule has 3 rings (SSSR count). The molecule has 0 atom stereocenters. The number of nitro groups is 1. The summed E-state index contributed by atoms with van der Waals surface area (Å²) in [5, 5.41) is 21.9. The van der Waals surface area contributed by atoms with Gasteiger partial charge in [0.15, 0.2) is 0 Å². The van der Waals surface area contributed by atoms with Crippen molar-refractivity contribution < 1.29 is 9.34 Å². The Bertz CT molecular complexity index is 590. The Morgan fingerprint density at radius 3 is 3.00 bits per heavy atom. The molecule has 2 aromatic heterocycles. The Hall–Kier alpha value is -1.80. The van der Waals surface area contributed by atoms with Gasteiger partial charge in [0.05, 0.1) is 9.80 Å². The van der Waals surface area contributed by atoms with Crippen LogP contribution in [-0.2, 0) is 6.42 Å². The molecule has 0 aliphatic heterocycles. The molecule has 0 saturated heterocycles. The lowest BCUT2D eigenvalue weighted by Crippen LogP contribution is -2.19. The van der Waals surface area contributed by atoms with Crippen LogP contribution < -0.4 is 5.32 Å². The first-order chi connectivity index (χ1) is 9.22. The van der Waals surface area contributed by atoms with Crippen LogP contribution in [0.2, 0.25) is 0 Å². The van der Waals surface area contributed by atoms with Crippen molar-refractivity contribution in [3.05, 3.63) is 28.1 Å². The van der Waals surface area contributed by atoms with Crippen molar-refractivity contribution in [3.63, 3.8) is 0 Å². The maximum atomic E-state index is 10.6. The molecule has 8 heteroatoms. The average molecular weight is 280 g/mol. The summed E-state index contributed by atoms with van der Waals surface area (Å²) in [6.07, 6.45) is 3.17. The first kappa shape index (κ1) is 12.2. The van der Waals surface area contributed by atoms with Gasteiger partial charge in [-0.05, 0) is 18.9 Å². The summed E-state index contributed by atoms with van der Waals surface area (Å²) in [6, 6.07) is 3.73. The molecule has 1 N–H and O–H groups in total. The molecule has 0 spiro atoms. The van der Waals surface area contributed by atoms with E-state index >= 15 is 0 Å². The topological polar surface area (TPSA) is 94.1 Å². The van der Waals surface area contributed by atoms with Crippen LogP contribution >= 0.6 is 11.3 Å². The monoisotopic (exact) mass is 280 g/mol. The van der Waals surface area contributed by atoms with Crippen LogP contribution in [-0.4, -0.2) is 27.7 Å². The number of thiophene rings is 1. The largest absolute Gasteiger partial charge is 0.420 e. The van der Waals surface area contributed by atoms with Gasteiger partial charge in [-0.25, -0.2) is 0 Å². The van der Waals surface area contributed by atoms with E-state index in [1.807, 2.05) is 0 Å². The summed E-state index contributed by atoms with van der Waals surface area (Å²) in [5.74, 6) is 0.902. The zero-order chi connectivity index (χ0) is 13.2. The molecule has 1 aliphatic rings. The Balaban J connectivity index is 1.63. The Kier molecular flexibility index (Phi) is 3.26. The van der Waals surface area contributed by atoms with Crippen LogP contribution in [0.3, 0.4) is 0 Å². The second-order valence-electron chi connectivity index (χ2n) is 4.37. The third kappa shape index (κ3) is 2.96. The number of hydrogen-bond donors (Lipinski definition) is 1. The molecule has 0 amide bonds. The third-order valence-electron chi connectivity index (χ3n) is 2.80. The molecule has 100 valence electrons. The molecule has 1 saturated carbocycles. The lowest BCUT2D eigenvalue weighted by molar-refractivity contribution is -0.380. The first-order valence-electron chi connectivity index (χ1n) is 6.03. The summed E-state index contributed by atoms with van der Waals surface area (Å²) in [7, 11) is 0. The van der Waals surface area contributed by atoms with Gasteiger partial charge in [0.25, 0.3) is 5.89 Å². The van der Waals surface area contributed by atoms with Crippen molar-refractivity contribution in [1.82, 2.24) is 15.5 Å². The maximum absolute atomic E-state index is 10.6. The molecule has 1 fully saturated rings. The fourth-order valence-electron chi connectivity index (χ4n) is 1.67. The maximum Gasteiger partial charge on any atom is 0.324 e. The van der Waals surface area contributed by atoms with Crippen molar-refractivity contribution in [1.29, 1.82) is 0 Å². The number of rotatable bonds is 6. The molecule has 0 unspecified atom stereocenters. The molecule has 2 aromatic rings. The fraction of sp³-hybridized carbons (Fsp3) is 0.455. The minimum absolute atomic E-state index is 0.0742. The predicted octanol–water partition coefficient (Wildman–Crippen LogP) is 2.00. The van der Waals surface area contributed by atoms with E-state index in [2.05, 4.69) is 15.5 Å². The Morgan fingerprint density at radius 1 is 1.47 bits per heavy atom. The van der Waals surface area contributed by atoms with Gasteiger partial charge in [0.1, 0.15) is 0 Å². The normalized spacial score (nSPS) is 14.7. The van der Waals surface area contributed by atoms with Crippen molar-refractivity contribution in [3.8, 4) is 10.8 Å². The summed E-state index contributed by atoms with van der Waals surface area (Å²) < 4.78 is 5.49. The first-order valence-corrected chi connectivity index (χ1v) is 6.84. The third-order valence-corrected chi connectivity index (χ3v) is 3.82. The van der Waals surface area contributed by atoms with Crippen LogP contribution in [0.15, 0.2) is 16.5 Å². The van der Waals surface area contributed by atoms with Crippen molar-refractivity contribution in [2.75, 3.05) is 6.54 Å². The lowest BCUT2D eigenvalue weighted by Gasteiger charge is -1.97. The van der Waals surface area contributed by atoms with Crippen molar-refractivity contribution in [2.45, 2.75) is 25.3 Å². The highest BCUT2D eigenvalue weighted by molar-refractivity contribution is 7.18. The van der Waals surface area contributed by atoms with Crippen molar-refractivity contribution in [2.24, 2.45) is 0 Å². The summed E-state index contributed by atoms with van der Waals surface area (Å²) in [5.41, 5.74) is 0. The van der Waals surface area contributed by atoms with E-state index in [9.17, 15) is 10.1 Å². The van der Waals surface area contributed by atoms with Gasteiger partial charge < -0.3 is 9.73 Å². The van der Waals surface area contributed by atoms with Gasteiger partial charge in [0.2, 0.25) is 5.89 Å². The lowest BCUT2D eigenvalue weighted by atomic mass is 10.4. The molecule has 0 bridgehead atoms. The standard InChI is InChI=1S/C11H12N4O3S/c16-15(17)10-4-3-8(19-10)11-14-13-9(18-11)5-6-12-7-1-2-7/h3-4,7,12H,1-2,5-6H2. The molecule has 19 heavy (non-hydrogen) atoms. The van der Waals surface area contributed by atoms with E-state index in [0.29, 0.717) is 29.1 Å². The second kappa shape index (κ2) is 5.06. The summed E-state index contributed by atoms with van der Waals surface area (Å²) >= 11 is 1.04. The zero-order valence-electron chi connectivity index (χ0n) is 10.0. The van der Waals surface area contributed by atoms with Crippen LogP contribution in [0.4, 0.5) is 5.00 Å². The van der Waals surface area contributed by atoms with Gasteiger partial charge in [-0.3, -0.25) is 10.1 Å². The minimum atomic E-state index is -0.426. The molecule has 2 heterocycles. The highest BCUT2D eigenvalue weighted by atomic mass is 32.1. The zero-order valence-corrected chi connectivity index (χ0v) is 10.9. The molecule has 1 aliphatic carbocycles. The summed E-state index contributed by atoms with van der Waals surface area (Å²) in [4.78, 5) is 10.8. The van der Waals surface area contributed by atoms with E-state index in [4.69, 9.17) is 4.42 Å². The van der Waals surface area contributed by atoms with Crippen LogP contribution in [0, 0.1) is 10.1 Å². The molecular formula is C11H12N4O3S. The second-order valence-corrected chi connectivity index (χ2v) is 5.44. The highest BCUT2D eigenvalue weighted by Crippen LogP contribution is 2.31. The number of aromatic nitrogens is 2. The van der Waals surface area contributed by atoms with E-state index in [1.165, 1.54) is 18.9 Å². The van der Waals surface area contributed by atoms with E-state index in [-0.39, 0.29) is 5.00 Å². The Morgan fingerprint density at radius 2 is 2.32 bits per heavy atom. The van der Waals surface area contributed by atoms with E-state index in [0.717, 1.165) is 17.9 Å². The number of hydrogen-bond acceptors (Lipinski definition) is 7. The summed E-state index contributed by atoms with van der Waals surface area (Å²) in [6.45, 7) is 0.816. The minimum Gasteiger partial charge on any atom is -0.420 e. The fourth-order valence-corrected chi connectivity index (χ4v) is 2.41. The van der Waals surface area contributed by atoms with Gasteiger partial charge in [-0.1, -0.05) is 11.3 Å². The molecule has 0 radical (unpaired) electrons. The quantitative estimate of drug-likeness (QED) is 0.642. The van der Waals surface area contributed by atoms with Crippen LogP contribution in [0.25, 0.3) is 10.8 Å². The van der Waals surface area contributed by atoms with Gasteiger partial charge >= 0.3 is 5.00 Å². The van der Waals surface area contributed by atoms with E-state index < -0.39 is 4.92 Å². The molecule has 7 nitrogen and oxygen atoms in total. The van der Waals surface area contributed by atoms with Gasteiger partial charge in [-0.15, -0.1) is 10.2 Å². The van der Waals surface area contributed by atoms with Crippen LogP contribution in [0.1, 0.15) is 18.7 Å². The van der Waals surface area contributed by atoms with Gasteiger partial charge in [0, 0.05) is 25.1 Å². The number of nitrogens with one attached hydrogen (secondary N) is 1. The number of nitrogens with zero attached hydrogens (tertiary/aromatic N) is 3. The smallest absolute Gasteiger partial charge is 0.324 e. The highest BCUT2D eigenvalue weighted by Gasteiger charge is 2.20.